The Balaban J connectivity index is 1.71. The number of anilines is 1. The summed E-state index contributed by atoms with van der Waals surface area (Å²) in [6.07, 6.45) is 0.519. The molecule has 7 heteroatoms. The molecule has 0 bridgehead atoms. The summed E-state index contributed by atoms with van der Waals surface area (Å²) in [7, 11) is 0. The van der Waals surface area contributed by atoms with Crippen molar-refractivity contribution >= 4 is 34.4 Å². The number of benzene rings is 3. The van der Waals surface area contributed by atoms with Gasteiger partial charge in [-0.05, 0) is 36.0 Å². The summed E-state index contributed by atoms with van der Waals surface area (Å²) >= 11 is 5.62. The van der Waals surface area contributed by atoms with Crippen LogP contribution in [0.25, 0.3) is 0 Å². The molecule has 0 spiro atoms. The molecule has 1 heterocycles. The van der Waals surface area contributed by atoms with E-state index in [0.717, 1.165) is 17.0 Å². The van der Waals surface area contributed by atoms with Gasteiger partial charge in [0.05, 0.1) is 22.2 Å². The molecule has 3 aromatic rings. The molecule has 0 aliphatic carbocycles. The average molecular weight is 402 g/mol. The lowest BCUT2D eigenvalue weighted by molar-refractivity contribution is -0.385. The minimum absolute atomic E-state index is 0.0644. The number of thiocarbonyl (C=S) groups is 1. The van der Waals surface area contributed by atoms with Crippen LogP contribution < -0.4 is 5.32 Å². The largest absolute Gasteiger partial charge is 0.331 e. The zero-order valence-corrected chi connectivity index (χ0v) is 16.3. The van der Waals surface area contributed by atoms with Gasteiger partial charge < -0.3 is 5.32 Å². The van der Waals surface area contributed by atoms with Gasteiger partial charge in [-0.3, -0.25) is 10.1 Å². The van der Waals surface area contributed by atoms with Crippen LogP contribution in [0, 0.1) is 10.1 Å². The first kappa shape index (κ1) is 18.8. The molecule has 29 heavy (non-hydrogen) atoms. The molecule has 1 N–H and O–H groups in total. The number of nitro groups is 1. The van der Waals surface area contributed by atoms with Gasteiger partial charge in [-0.2, -0.15) is 5.10 Å². The van der Waals surface area contributed by atoms with E-state index in [4.69, 9.17) is 17.3 Å². The minimum atomic E-state index is -0.365. The smallest absolute Gasteiger partial charge is 0.274 e. The number of hydrazone groups is 1. The van der Waals surface area contributed by atoms with Gasteiger partial charge in [0, 0.05) is 18.2 Å². The number of para-hydroxylation sites is 2. The number of rotatable bonds is 4. The molecule has 6 nitrogen and oxygen atoms in total. The SMILES string of the molecule is O=[N+]([O-])c1ccccc1[C@@H]1CC(c2ccccc2)=NN1C(=S)Nc1ccccc1. The minimum Gasteiger partial charge on any atom is -0.331 e. The molecule has 4 rings (SSSR count). The molecule has 0 fully saturated rings. The molecule has 144 valence electrons. The van der Waals surface area contributed by atoms with Crippen LogP contribution in [-0.2, 0) is 0 Å². The molecule has 3 aromatic carbocycles. The topological polar surface area (TPSA) is 70.8 Å². The summed E-state index contributed by atoms with van der Waals surface area (Å²) in [5.74, 6) is 0. The van der Waals surface area contributed by atoms with E-state index in [1.807, 2.05) is 60.7 Å². The molecule has 0 radical (unpaired) electrons. The third-order valence-electron chi connectivity index (χ3n) is 4.74. The van der Waals surface area contributed by atoms with Crippen LogP contribution >= 0.6 is 12.2 Å². The Morgan fingerprint density at radius 1 is 1.00 bits per heavy atom. The molecular weight excluding hydrogens is 384 g/mol. The van der Waals surface area contributed by atoms with E-state index in [2.05, 4.69) is 5.32 Å². The maximum absolute atomic E-state index is 11.6. The predicted octanol–water partition coefficient (Wildman–Crippen LogP) is 5.14. The van der Waals surface area contributed by atoms with Crippen LogP contribution in [-0.4, -0.2) is 20.8 Å². The first-order valence-corrected chi connectivity index (χ1v) is 9.56. The Morgan fingerprint density at radius 2 is 1.62 bits per heavy atom. The Labute approximate surface area is 173 Å². The highest BCUT2D eigenvalue weighted by atomic mass is 32.1. The van der Waals surface area contributed by atoms with Crippen molar-refractivity contribution in [2.45, 2.75) is 12.5 Å². The number of hydrogen-bond donors (Lipinski definition) is 1. The Hall–Kier alpha value is -3.58. The van der Waals surface area contributed by atoms with Crippen LogP contribution in [0.4, 0.5) is 11.4 Å². The second kappa shape index (κ2) is 8.20. The summed E-state index contributed by atoms with van der Waals surface area (Å²) < 4.78 is 0. The molecule has 1 aliphatic rings. The lowest BCUT2D eigenvalue weighted by Crippen LogP contribution is -2.31. The van der Waals surface area contributed by atoms with E-state index in [9.17, 15) is 10.1 Å². The molecule has 0 saturated carbocycles. The van der Waals surface area contributed by atoms with E-state index in [0.29, 0.717) is 17.1 Å². The van der Waals surface area contributed by atoms with Crippen LogP contribution in [0.15, 0.2) is 90.0 Å². The number of nitro benzene ring substituents is 1. The summed E-state index contributed by atoms with van der Waals surface area (Å²) in [6.45, 7) is 0. The van der Waals surface area contributed by atoms with Crippen molar-refractivity contribution < 1.29 is 4.92 Å². The third-order valence-corrected chi connectivity index (χ3v) is 5.03. The number of nitrogens with one attached hydrogen (secondary N) is 1. The maximum Gasteiger partial charge on any atom is 0.274 e. The van der Waals surface area contributed by atoms with Crippen molar-refractivity contribution in [1.29, 1.82) is 0 Å². The maximum atomic E-state index is 11.6. The van der Waals surface area contributed by atoms with Gasteiger partial charge in [0.25, 0.3) is 5.69 Å². The highest BCUT2D eigenvalue weighted by Crippen LogP contribution is 2.37. The number of hydrogen-bond acceptors (Lipinski definition) is 4. The van der Waals surface area contributed by atoms with Crippen molar-refractivity contribution in [3.63, 3.8) is 0 Å². The second-order valence-electron chi connectivity index (χ2n) is 6.59. The van der Waals surface area contributed by atoms with Gasteiger partial charge in [-0.15, -0.1) is 0 Å². The van der Waals surface area contributed by atoms with Crippen molar-refractivity contribution in [2.75, 3.05) is 5.32 Å². The van der Waals surface area contributed by atoms with Crippen LogP contribution in [0.5, 0.6) is 0 Å². The van der Waals surface area contributed by atoms with Crippen molar-refractivity contribution in [1.82, 2.24) is 5.01 Å². The first-order chi connectivity index (χ1) is 14.1. The third kappa shape index (κ3) is 4.00. The van der Waals surface area contributed by atoms with Crippen molar-refractivity contribution in [3.8, 4) is 0 Å². The molecule has 0 unspecified atom stereocenters. The second-order valence-corrected chi connectivity index (χ2v) is 6.98. The zero-order chi connectivity index (χ0) is 20.2. The van der Waals surface area contributed by atoms with Crippen LogP contribution in [0.3, 0.4) is 0 Å². The summed E-state index contributed by atoms with van der Waals surface area (Å²) in [6, 6.07) is 25.7. The standard InChI is InChI=1S/C22H18N4O2S/c27-26(28)20-14-8-7-13-18(20)21-15-19(16-9-3-1-4-10-16)24-25(21)22(29)23-17-11-5-2-6-12-17/h1-14,21H,15H2,(H,23,29)/t21-/m0/s1. The summed E-state index contributed by atoms with van der Waals surface area (Å²) in [5, 5.41) is 21.6. The molecule has 1 atom stereocenters. The lowest BCUT2D eigenvalue weighted by Gasteiger charge is -2.24. The normalized spacial score (nSPS) is 15.7. The van der Waals surface area contributed by atoms with E-state index in [1.165, 1.54) is 6.07 Å². The van der Waals surface area contributed by atoms with Gasteiger partial charge >= 0.3 is 0 Å². The van der Waals surface area contributed by atoms with Crippen molar-refractivity contribution in [3.05, 3.63) is 106 Å². The van der Waals surface area contributed by atoms with Crippen LogP contribution in [0.2, 0.25) is 0 Å². The Morgan fingerprint density at radius 3 is 2.31 bits per heavy atom. The van der Waals surface area contributed by atoms with Gasteiger partial charge in [0.1, 0.15) is 0 Å². The molecule has 0 aromatic heterocycles. The fourth-order valence-electron chi connectivity index (χ4n) is 3.38. The van der Waals surface area contributed by atoms with E-state index >= 15 is 0 Å². The van der Waals surface area contributed by atoms with E-state index in [1.54, 1.807) is 23.2 Å². The highest BCUT2D eigenvalue weighted by Gasteiger charge is 2.35. The quantitative estimate of drug-likeness (QED) is 0.372. The average Bonchev–Trinajstić information content (AvgIpc) is 3.20. The Kier molecular flexibility index (Phi) is 5.31. The molecule has 0 saturated heterocycles. The first-order valence-electron chi connectivity index (χ1n) is 9.15. The van der Waals surface area contributed by atoms with Gasteiger partial charge in [0.2, 0.25) is 0 Å². The molecular formula is C22H18N4O2S. The van der Waals surface area contributed by atoms with Crippen LogP contribution in [0.1, 0.15) is 23.6 Å². The lowest BCUT2D eigenvalue weighted by atomic mass is 9.97. The van der Waals surface area contributed by atoms with E-state index in [-0.39, 0.29) is 16.7 Å². The van der Waals surface area contributed by atoms with Gasteiger partial charge in [0.15, 0.2) is 5.11 Å². The Bertz CT molecular complexity index is 1070. The van der Waals surface area contributed by atoms with Crippen molar-refractivity contribution in [2.24, 2.45) is 5.10 Å². The molecule has 0 amide bonds. The van der Waals surface area contributed by atoms with Gasteiger partial charge in [-0.1, -0.05) is 60.7 Å². The predicted molar refractivity (Wildman–Crippen MR) is 118 cm³/mol. The fourth-order valence-corrected chi connectivity index (χ4v) is 3.67. The summed E-state index contributed by atoms with van der Waals surface area (Å²) in [4.78, 5) is 11.2. The number of nitrogens with zero attached hydrogens (tertiary/aromatic N) is 3. The zero-order valence-electron chi connectivity index (χ0n) is 15.4. The van der Waals surface area contributed by atoms with Gasteiger partial charge in [-0.25, -0.2) is 5.01 Å². The van der Waals surface area contributed by atoms with E-state index < -0.39 is 0 Å². The summed E-state index contributed by atoms with van der Waals surface area (Å²) in [5.41, 5.74) is 3.30. The highest BCUT2D eigenvalue weighted by molar-refractivity contribution is 7.80. The molecule has 1 aliphatic heterocycles. The monoisotopic (exact) mass is 402 g/mol. The fraction of sp³-hybridized carbons (Fsp3) is 0.0909.